The van der Waals surface area contributed by atoms with E-state index in [1.54, 1.807) is 5.57 Å². The maximum absolute atomic E-state index is 2.37. The Bertz CT molecular complexity index is 210. The molecule has 1 unspecified atom stereocenters. The summed E-state index contributed by atoms with van der Waals surface area (Å²) in [5, 5.41) is 0. The van der Waals surface area contributed by atoms with E-state index in [1.165, 1.54) is 51.4 Å². The highest BCUT2D eigenvalue weighted by atomic mass is 14.2. The molecule has 1 fully saturated rings. The molecule has 2 aliphatic carbocycles. The minimum Gasteiger partial charge on any atom is -0.0845 e. The Labute approximate surface area is 81.7 Å². The largest absolute Gasteiger partial charge is 0.0845 e. The van der Waals surface area contributed by atoms with Crippen molar-refractivity contribution in [2.45, 2.75) is 51.4 Å². The summed E-state index contributed by atoms with van der Waals surface area (Å²) in [5.74, 6) is 0.997. The molecule has 13 heavy (non-hydrogen) atoms. The average molecular weight is 176 g/mol. The van der Waals surface area contributed by atoms with Gasteiger partial charge in [-0.3, -0.25) is 0 Å². The molecule has 0 saturated heterocycles. The molecule has 2 bridgehead atoms. The molecule has 0 heteroatoms. The first-order valence-corrected chi connectivity index (χ1v) is 5.80. The Morgan fingerprint density at radius 1 is 1.08 bits per heavy atom. The summed E-state index contributed by atoms with van der Waals surface area (Å²) in [6.07, 6.45) is 18.3. The van der Waals surface area contributed by atoms with Crippen molar-refractivity contribution in [3.8, 4) is 0 Å². The lowest BCUT2D eigenvalue weighted by atomic mass is 9.84. The second-order valence-electron chi connectivity index (χ2n) is 4.50. The van der Waals surface area contributed by atoms with Gasteiger partial charge in [0.1, 0.15) is 0 Å². The van der Waals surface area contributed by atoms with E-state index in [-0.39, 0.29) is 0 Å². The molecule has 72 valence electrons. The fraction of sp³-hybridized carbons (Fsp3) is 0.692. The van der Waals surface area contributed by atoms with Crippen molar-refractivity contribution in [3.05, 3.63) is 23.8 Å². The second-order valence-corrected chi connectivity index (χ2v) is 4.50. The Balaban J connectivity index is 2.06. The summed E-state index contributed by atoms with van der Waals surface area (Å²) in [7, 11) is 0. The Hall–Kier alpha value is -0.520. The first-order valence-electron chi connectivity index (χ1n) is 5.80. The van der Waals surface area contributed by atoms with E-state index in [0.717, 1.165) is 5.92 Å². The molecule has 2 aliphatic rings. The van der Waals surface area contributed by atoms with Crippen molar-refractivity contribution in [2.24, 2.45) is 5.92 Å². The smallest absolute Gasteiger partial charge is 0.0289 e. The molecule has 0 aromatic rings. The van der Waals surface area contributed by atoms with Crippen LogP contribution in [0, 0.1) is 5.92 Å². The van der Waals surface area contributed by atoms with Gasteiger partial charge < -0.3 is 0 Å². The van der Waals surface area contributed by atoms with Crippen LogP contribution in [0.1, 0.15) is 51.4 Å². The van der Waals surface area contributed by atoms with Gasteiger partial charge in [-0.2, -0.15) is 0 Å². The van der Waals surface area contributed by atoms with Crippen molar-refractivity contribution < 1.29 is 0 Å². The Morgan fingerprint density at radius 2 is 2.08 bits per heavy atom. The van der Waals surface area contributed by atoms with E-state index in [0.29, 0.717) is 0 Å². The van der Waals surface area contributed by atoms with Crippen molar-refractivity contribution in [3.63, 3.8) is 0 Å². The SMILES string of the molecule is C1=CCCC2CCCCCC(=C1)C2. The second kappa shape index (κ2) is 4.64. The van der Waals surface area contributed by atoms with Gasteiger partial charge in [-0.1, -0.05) is 43.1 Å². The Kier molecular flexibility index (Phi) is 3.23. The normalized spacial score (nSPS) is 29.5. The van der Waals surface area contributed by atoms with Crippen molar-refractivity contribution in [1.82, 2.24) is 0 Å². The zero-order chi connectivity index (χ0) is 8.93. The van der Waals surface area contributed by atoms with Gasteiger partial charge >= 0.3 is 0 Å². The minimum atomic E-state index is 0.997. The number of fused-ring (bicyclic) bond motifs is 2. The van der Waals surface area contributed by atoms with Gasteiger partial charge in [0.05, 0.1) is 0 Å². The molecule has 2 rings (SSSR count). The topological polar surface area (TPSA) is 0 Å². The molecule has 0 aliphatic heterocycles. The van der Waals surface area contributed by atoms with Crippen LogP contribution >= 0.6 is 0 Å². The van der Waals surface area contributed by atoms with E-state index in [1.807, 2.05) is 0 Å². The van der Waals surface area contributed by atoms with Gasteiger partial charge in [-0.15, -0.1) is 0 Å². The third-order valence-corrected chi connectivity index (χ3v) is 3.37. The van der Waals surface area contributed by atoms with E-state index in [2.05, 4.69) is 18.2 Å². The molecule has 0 N–H and O–H groups in total. The summed E-state index contributed by atoms with van der Waals surface area (Å²) >= 11 is 0. The van der Waals surface area contributed by atoms with Crippen molar-refractivity contribution in [2.75, 3.05) is 0 Å². The van der Waals surface area contributed by atoms with E-state index in [9.17, 15) is 0 Å². The Morgan fingerprint density at radius 3 is 3.08 bits per heavy atom. The van der Waals surface area contributed by atoms with Crippen molar-refractivity contribution >= 4 is 0 Å². The first kappa shape index (κ1) is 9.05. The lowest BCUT2D eigenvalue weighted by Gasteiger charge is -2.22. The standard InChI is InChI=1S/C13H20/c1-3-7-12-9-5-2-6-10-13(11-12)8-4-1/h1,3,7,13H,2,4-6,8-11H2. The zero-order valence-electron chi connectivity index (χ0n) is 8.47. The fourth-order valence-corrected chi connectivity index (χ4v) is 2.57. The summed E-state index contributed by atoms with van der Waals surface area (Å²) < 4.78 is 0. The van der Waals surface area contributed by atoms with Crippen LogP contribution in [0.5, 0.6) is 0 Å². The zero-order valence-corrected chi connectivity index (χ0v) is 8.47. The van der Waals surface area contributed by atoms with Crippen LogP contribution in [0.25, 0.3) is 0 Å². The molecule has 0 nitrogen and oxygen atoms in total. The number of hydrogen-bond acceptors (Lipinski definition) is 0. The number of allylic oxidation sites excluding steroid dienone is 4. The highest BCUT2D eigenvalue weighted by Crippen LogP contribution is 2.30. The predicted molar refractivity (Wildman–Crippen MR) is 57.6 cm³/mol. The fourth-order valence-electron chi connectivity index (χ4n) is 2.57. The van der Waals surface area contributed by atoms with Crippen LogP contribution in [0.3, 0.4) is 0 Å². The highest BCUT2D eigenvalue weighted by Gasteiger charge is 2.14. The van der Waals surface area contributed by atoms with Crippen LogP contribution < -0.4 is 0 Å². The summed E-state index contributed by atoms with van der Waals surface area (Å²) in [5.41, 5.74) is 1.71. The predicted octanol–water partition coefficient (Wildman–Crippen LogP) is 4.23. The summed E-state index contributed by atoms with van der Waals surface area (Å²) in [6.45, 7) is 0. The van der Waals surface area contributed by atoms with Gasteiger partial charge in [0.2, 0.25) is 0 Å². The van der Waals surface area contributed by atoms with E-state index in [4.69, 9.17) is 0 Å². The van der Waals surface area contributed by atoms with E-state index < -0.39 is 0 Å². The first-order chi connectivity index (χ1) is 6.45. The third kappa shape index (κ3) is 2.72. The molecule has 0 spiro atoms. The number of hydrogen-bond donors (Lipinski definition) is 0. The monoisotopic (exact) mass is 176 g/mol. The van der Waals surface area contributed by atoms with Gasteiger partial charge in [0, 0.05) is 0 Å². The molecule has 0 amide bonds. The molecule has 0 heterocycles. The van der Waals surface area contributed by atoms with Crippen LogP contribution in [0.4, 0.5) is 0 Å². The van der Waals surface area contributed by atoms with Gasteiger partial charge in [0.15, 0.2) is 0 Å². The third-order valence-electron chi connectivity index (χ3n) is 3.37. The molecule has 1 atom stereocenters. The maximum Gasteiger partial charge on any atom is -0.0289 e. The van der Waals surface area contributed by atoms with Crippen LogP contribution in [0.15, 0.2) is 23.8 Å². The molecular weight excluding hydrogens is 156 g/mol. The van der Waals surface area contributed by atoms with Crippen LogP contribution in [-0.4, -0.2) is 0 Å². The van der Waals surface area contributed by atoms with Gasteiger partial charge in [-0.05, 0) is 38.0 Å². The lowest BCUT2D eigenvalue weighted by molar-refractivity contribution is 0.401. The van der Waals surface area contributed by atoms with Gasteiger partial charge in [-0.25, -0.2) is 0 Å². The maximum atomic E-state index is 2.37. The minimum absolute atomic E-state index is 0.997. The molecule has 0 aromatic heterocycles. The number of rotatable bonds is 0. The molecular formula is C13H20. The van der Waals surface area contributed by atoms with Crippen LogP contribution in [0.2, 0.25) is 0 Å². The molecule has 0 aromatic carbocycles. The average Bonchev–Trinajstić information content (AvgIpc) is 2.00. The molecule has 0 radical (unpaired) electrons. The highest BCUT2D eigenvalue weighted by molar-refractivity contribution is 5.15. The van der Waals surface area contributed by atoms with Gasteiger partial charge in [0.25, 0.3) is 0 Å². The van der Waals surface area contributed by atoms with E-state index >= 15 is 0 Å². The summed E-state index contributed by atoms with van der Waals surface area (Å²) in [6, 6.07) is 0. The van der Waals surface area contributed by atoms with Crippen molar-refractivity contribution in [1.29, 1.82) is 0 Å². The quantitative estimate of drug-likeness (QED) is 0.518. The lowest BCUT2D eigenvalue weighted by Crippen LogP contribution is -2.06. The van der Waals surface area contributed by atoms with Crippen LogP contribution in [-0.2, 0) is 0 Å². The summed E-state index contributed by atoms with van der Waals surface area (Å²) in [4.78, 5) is 0. The molecule has 1 saturated carbocycles.